The van der Waals surface area contributed by atoms with E-state index in [9.17, 15) is 0 Å². The average molecular weight is 246 g/mol. The van der Waals surface area contributed by atoms with E-state index < -0.39 is 0 Å². The van der Waals surface area contributed by atoms with Crippen LogP contribution < -0.4 is 0 Å². The van der Waals surface area contributed by atoms with Crippen molar-refractivity contribution in [3.63, 3.8) is 0 Å². The van der Waals surface area contributed by atoms with Crippen LogP contribution in [0.5, 0.6) is 0 Å². The van der Waals surface area contributed by atoms with Crippen molar-refractivity contribution in [2.75, 3.05) is 14.1 Å². The van der Waals surface area contributed by atoms with Crippen molar-refractivity contribution in [3.8, 4) is 0 Å². The molecule has 0 spiro atoms. The molecule has 0 atom stereocenters. The molecule has 0 N–H and O–H groups in total. The van der Waals surface area contributed by atoms with Crippen LogP contribution in [0.2, 0.25) is 10.0 Å². The van der Waals surface area contributed by atoms with Gasteiger partial charge in [0.15, 0.2) is 0 Å². The monoisotopic (exact) mass is 245 g/mol. The lowest BCUT2D eigenvalue weighted by atomic mass is 10.0. The molecule has 0 saturated carbocycles. The van der Waals surface area contributed by atoms with Crippen LogP contribution in [-0.2, 0) is 6.54 Å². The SMILES string of the molecule is CC(C)c1c(Cl)cc(CN(C)C)cc1Cl. The molecule has 0 aliphatic heterocycles. The molecule has 3 heteroatoms. The highest BCUT2D eigenvalue weighted by molar-refractivity contribution is 6.36. The van der Waals surface area contributed by atoms with E-state index in [0.29, 0.717) is 5.92 Å². The van der Waals surface area contributed by atoms with Crippen molar-refractivity contribution >= 4 is 23.2 Å². The van der Waals surface area contributed by atoms with Gasteiger partial charge in [0.1, 0.15) is 0 Å². The maximum Gasteiger partial charge on any atom is 0.0458 e. The van der Waals surface area contributed by atoms with Gasteiger partial charge in [-0.3, -0.25) is 0 Å². The Morgan fingerprint density at radius 2 is 1.60 bits per heavy atom. The molecule has 0 unspecified atom stereocenters. The zero-order valence-corrected chi connectivity index (χ0v) is 11.2. The second-order valence-corrected chi connectivity index (χ2v) is 5.18. The summed E-state index contributed by atoms with van der Waals surface area (Å²) in [6.07, 6.45) is 0. The maximum atomic E-state index is 6.21. The lowest BCUT2D eigenvalue weighted by Gasteiger charge is -2.15. The van der Waals surface area contributed by atoms with Crippen LogP contribution in [-0.4, -0.2) is 19.0 Å². The third kappa shape index (κ3) is 3.37. The van der Waals surface area contributed by atoms with Gasteiger partial charge >= 0.3 is 0 Å². The Bertz CT molecular complexity index is 322. The second-order valence-electron chi connectivity index (χ2n) is 4.37. The van der Waals surface area contributed by atoms with Crippen LogP contribution in [0.25, 0.3) is 0 Å². The number of benzene rings is 1. The van der Waals surface area contributed by atoms with Gasteiger partial charge in [-0.25, -0.2) is 0 Å². The zero-order chi connectivity index (χ0) is 11.6. The van der Waals surface area contributed by atoms with Crippen molar-refractivity contribution in [1.29, 1.82) is 0 Å². The molecule has 15 heavy (non-hydrogen) atoms. The molecule has 0 aliphatic carbocycles. The molecule has 0 amide bonds. The predicted octanol–water partition coefficient (Wildman–Crippen LogP) is 4.18. The summed E-state index contributed by atoms with van der Waals surface area (Å²) in [6, 6.07) is 4.01. The Morgan fingerprint density at radius 1 is 1.13 bits per heavy atom. The minimum Gasteiger partial charge on any atom is -0.305 e. The van der Waals surface area contributed by atoms with Crippen LogP contribution in [0, 0.1) is 0 Å². The van der Waals surface area contributed by atoms with Gasteiger partial charge in [0, 0.05) is 16.6 Å². The first-order valence-electron chi connectivity index (χ1n) is 5.04. The van der Waals surface area contributed by atoms with Crippen molar-refractivity contribution in [2.45, 2.75) is 26.3 Å². The molecule has 0 heterocycles. The summed E-state index contributed by atoms with van der Waals surface area (Å²) in [5.74, 6) is 0.360. The van der Waals surface area contributed by atoms with Crippen molar-refractivity contribution in [1.82, 2.24) is 4.90 Å². The fourth-order valence-corrected chi connectivity index (χ4v) is 2.61. The van der Waals surface area contributed by atoms with Gasteiger partial charge in [-0.15, -0.1) is 0 Å². The Balaban J connectivity index is 3.08. The summed E-state index contributed by atoms with van der Waals surface area (Å²) in [4.78, 5) is 2.09. The zero-order valence-electron chi connectivity index (χ0n) is 9.64. The quantitative estimate of drug-likeness (QED) is 0.773. The van der Waals surface area contributed by atoms with E-state index in [-0.39, 0.29) is 0 Å². The van der Waals surface area contributed by atoms with Gasteiger partial charge in [0.2, 0.25) is 0 Å². The standard InChI is InChI=1S/C12H17Cl2N/c1-8(2)12-10(13)5-9(6-11(12)14)7-15(3)4/h5-6,8H,7H2,1-4H3. The van der Waals surface area contributed by atoms with E-state index in [1.54, 1.807) is 0 Å². The number of halogens is 2. The molecule has 84 valence electrons. The first-order valence-corrected chi connectivity index (χ1v) is 5.80. The predicted molar refractivity (Wildman–Crippen MR) is 67.9 cm³/mol. The van der Waals surface area contributed by atoms with Crippen LogP contribution in [0.4, 0.5) is 0 Å². The Morgan fingerprint density at radius 3 is 1.93 bits per heavy atom. The van der Waals surface area contributed by atoms with Gasteiger partial charge in [-0.05, 0) is 43.3 Å². The fourth-order valence-electron chi connectivity index (χ4n) is 1.64. The Hall–Kier alpha value is -0.240. The highest BCUT2D eigenvalue weighted by Gasteiger charge is 2.11. The molecular weight excluding hydrogens is 229 g/mol. The minimum atomic E-state index is 0.360. The minimum absolute atomic E-state index is 0.360. The number of hydrogen-bond acceptors (Lipinski definition) is 1. The summed E-state index contributed by atoms with van der Waals surface area (Å²) in [5.41, 5.74) is 2.19. The molecule has 0 saturated heterocycles. The lowest BCUT2D eigenvalue weighted by Crippen LogP contribution is -2.10. The van der Waals surface area contributed by atoms with E-state index in [4.69, 9.17) is 23.2 Å². The van der Waals surface area contributed by atoms with E-state index in [2.05, 4.69) is 18.7 Å². The van der Waals surface area contributed by atoms with Gasteiger partial charge in [0.05, 0.1) is 0 Å². The number of hydrogen-bond donors (Lipinski definition) is 0. The molecule has 1 aromatic rings. The van der Waals surface area contributed by atoms with Gasteiger partial charge < -0.3 is 4.90 Å². The van der Waals surface area contributed by atoms with E-state index in [1.165, 1.54) is 0 Å². The summed E-state index contributed by atoms with van der Waals surface area (Å²) >= 11 is 12.4. The van der Waals surface area contributed by atoms with Crippen molar-refractivity contribution in [3.05, 3.63) is 33.3 Å². The van der Waals surface area contributed by atoms with Crippen LogP contribution in [0.3, 0.4) is 0 Å². The highest BCUT2D eigenvalue weighted by Crippen LogP contribution is 2.32. The van der Waals surface area contributed by atoms with Gasteiger partial charge in [-0.2, -0.15) is 0 Å². The molecule has 0 aliphatic rings. The summed E-state index contributed by atoms with van der Waals surface area (Å²) in [6.45, 7) is 5.05. The second kappa shape index (κ2) is 5.20. The topological polar surface area (TPSA) is 3.24 Å². The third-order valence-corrected chi connectivity index (χ3v) is 2.84. The normalized spacial score (nSPS) is 11.5. The summed E-state index contributed by atoms with van der Waals surface area (Å²) < 4.78 is 0. The van der Waals surface area contributed by atoms with Gasteiger partial charge in [0.25, 0.3) is 0 Å². The molecular formula is C12H17Cl2N. The molecule has 1 rings (SSSR count). The summed E-state index contributed by atoms with van der Waals surface area (Å²) in [5, 5.41) is 1.55. The molecule has 1 aromatic carbocycles. The van der Waals surface area contributed by atoms with Crippen LogP contribution in [0.1, 0.15) is 30.9 Å². The fraction of sp³-hybridized carbons (Fsp3) is 0.500. The maximum absolute atomic E-state index is 6.21. The molecule has 0 fully saturated rings. The van der Waals surface area contributed by atoms with Crippen LogP contribution >= 0.6 is 23.2 Å². The Labute approximate surface area is 102 Å². The lowest BCUT2D eigenvalue weighted by molar-refractivity contribution is 0.402. The van der Waals surface area contributed by atoms with Gasteiger partial charge in [-0.1, -0.05) is 37.0 Å². The summed E-state index contributed by atoms with van der Waals surface area (Å²) in [7, 11) is 4.05. The number of nitrogens with zero attached hydrogens (tertiary/aromatic N) is 1. The first kappa shape index (κ1) is 12.8. The smallest absolute Gasteiger partial charge is 0.0458 e. The molecule has 0 bridgehead atoms. The highest BCUT2D eigenvalue weighted by atomic mass is 35.5. The molecule has 0 radical (unpaired) electrons. The molecule has 0 aromatic heterocycles. The van der Waals surface area contributed by atoms with Crippen molar-refractivity contribution in [2.24, 2.45) is 0 Å². The number of rotatable bonds is 3. The average Bonchev–Trinajstić information content (AvgIpc) is 1.99. The van der Waals surface area contributed by atoms with Crippen molar-refractivity contribution < 1.29 is 0 Å². The van der Waals surface area contributed by atoms with E-state index in [1.807, 2.05) is 26.2 Å². The van der Waals surface area contributed by atoms with Crippen LogP contribution in [0.15, 0.2) is 12.1 Å². The third-order valence-electron chi connectivity index (χ3n) is 2.21. The Kier molecular flexibility index (Phi) is 4.45. The largest absolute Gasteiger partial charge is 0.305 e. The van der Waals surface area contributed by atoms with E-state index in [0.717, 1.165) is 27.7 Å². The first-order chi connectivity index (χ1) is 6.91. The van der Waals surface area contributed by atoms with E-state index >= 15 is 0 Å². The molecule has 1 nitrogen and oxygen atoms in total.